The van der Waals surface area contributed by atoms with Crippen LogP contribution in [0.5, 0.6) is 0 Å². The Morgan fingerprint density at radius 1 is 1.27 bits per heavy atom. The zero-order valence-corrected chi connectivity index (χ0v) is 15.0. The first-order valence-corrected chi connectivity index (χ1v) is 8.50. The van der Waals surface area contributed by atoms with Crippen molar-refractivity contribution < 1.29 is 14.4 Å². The molecule has 1 unspecified atom stereocenters. The van der Waals surface area contributed by atoms with Crippen LogP contribution in [0.2, 0.25) is 5.02 Å². The number of carbonyl (C=O) groups is 3. The number of benzene rings is 1. The molecule has 0 aliphatic carbocycles. The van der Waals surface area contributed by atoms with E-state index in [1.54, 1.807) is 12.1 Å². The van der Waals surface area contributed by atoms with Crippen molar-refractivity contribution in [3.05, 3.63) is 47.4 Å². The molecule has 2 heterocycles. The van der Waals surface area contributed by atoms with Gasteiger partial charge in [0, 0.05) is 17.4 Å². The van der Waals surface area contributed by atoms with Gasteiger partial charge in [-0.1, -0.05) is 25.4 Å². The summed E-state index contributed by atoms with van der Waals surface area (Å²) in [5, 5.41) is 3.02. The highest BCUT2D eigenvalue weighted by Crippen LogP contribution is 2.34. The molecule has 134 valence electrons. The minimum Gasteiger partial charge on any atom is -0.308 e. The topological polar surface area (TPSA) is 92.3 Å². The number of ketones is 1. The van der Waals surface area contributed by atoms with Gasteiger partial charge >= 0.3 is 0 Å². The number of Topliss-reactive ketones (excluding diaryl/α,β-unsaturated/α-hetero) is 1. The monoisotopic (exact) mass is 372 g/mol. The van der Waals surface area contributed by atoms with E-state index in [0.717, 1.165) is 0 Å². The molecule has 8 heteroatoms. The van der Waals surface area contributed by atoms with Gasteiger partial charge in [-0.15, -0.1) is 0 Å². The quantitative estimate of drug-likeness (QED) is 0.814. The van der Waals surface area contributed by atoms with Gasteiger partial charge in [0.25, 0.3) is 11.7 Å². The number of amides is 2. The van der Waals surface area contributed by atoms with E-state index in [9.17, 15) is 14.4 Å². The molecule has 0 radical (unpaired) electrons. The molecule has 0 saturated carbocycles. The van der Waals surface area contributed by atoms with Crippen molar-refractivity contribution in [3.8, 4) is 0 Å². The van der Waals surface area contributed by atoms with Crippen LogP contribution < -0.4 is 10.2 Å². The number of nitrogens with zero attached hydrogens (tertiary/aromatic N) is 3. The van der Waals surface area contributed by atoms with E-state index < -0.39 is 23.6 Å². The van der Waals surface area contributed by atoms with Crippen LogP contribution in [-0.4, -0.2) is 33.6 Å². The number of hydrogen-bond acceptors (Lipinski definition) is 5. The number of aromatic nitrogens is 2. The van der Waals surface area contributed by atoms with E-state index in [2.05, 4.69) is 15.3 Å². The normalized spacial score (nSPS) is 14.5. The Morgan fingerprint density at radius 2 is 2.04 bits per heavy atom. The summed E-state index contributed by atoms with van der Waals surface area (Å²) in [6.45, 7) is 3.88. The summed E-state index contributed by atoms with van der Waals surface area (Å²) < 4.78 is 0. The van der Waals surface area contributed by atoms with Gasteiger partial charge in [0.1, 0.15) is 6.04 Å². The first-order chi connectivity index (χ1) is 12.4. The summed E-state index contributed by atoms with van der Waals surface area (Å²) in [6.07, 6.45) is 4.74. The van der Waals surface area contributed by atoms with E-state index >= 15 is 0 Å². The molecular formula is C18H17ClN4O3. The third kappa shape index (κ3) is 3.43. The number of halogens is 1. The van der Waals surface area contributed by atoms with Gasteiger partial charge in [0.15, 0.2) is 5.82 Å². The van der Waals surface area contributed by atoms with Crippen molar-refractivity contribution in [3.63, 3.8) is 0 Å². The number of rotatable bonds is 5. The molecule has 1 aromatic carbocycles. The lowest BCUT2D eigenvalue weighted by Crippen LogP contribution is -2.47. The molecule has 0 fully saturated rings. The fourth-order valence-electron chi connectivity index (χ4n) is 2.89. The minimum atomic E-state index is -0.851. The maximum atomic E-state index is 12.9. The van der Waals surface area contributed by atoms with Crippen LogP contribution in [0.3, 0.4) is 0 Å². The lowest BCUT2D eigenvalue weighted by molar-refractivity contribution is -0.121. The van der Waals surface area contributed by atoms with Crippen LogP contribution in [0.25, 0.3) is 0 Å². The fourth-order valence-corrected chi connectivity index (χ4v) is 3.07. The standard InChI is InChI=1S/C18H17ClN4O3/c1-10(2)7-14(17(25)22-15-9-20-5-6-21-15)23-13-4-3-11(19)8-12(13)16(24)18(23)26/h3-6,8-10,14H,7H2,1-2H3,(H,21,22,25). The van der Waals surface area contributed by atoms with Crippen molar-refractivity contribution >= 4 is 40.7 Å². The molecule has 1 atom stereocenters. The Bertz CT molecular complexity index is 870. The second-order valence-electron chi connectivity index (χ2n) is 6.39. The van der Waals surface area contributed by atoms with Crippen molar-refractivity contribution in [1.82, 2.24) is 9.97 Å². The molecule has 2 amide bonds. The first kappa shape index (κ1) is 18.0. The number of hydrogen-bond donors (Lipinski definition) is 1. The van der Waals surface area contributed by atoms with Gasteiger partial charge in [0.2, 0.25) is 5.91 Å². The third-order valence-electron chi connectivity index (χ3n) is 4.00. The summed E-state index contributed by atoms with van der Waals surface area (Å²) in [4.78, 5) is 46.9. The van der Waals surface area contributed by atoms with E-state index in [0.29, 0.717) is 17.1 Å². The summed E-state index contributed by atoms with van der Waals surface area (Å²) in [7, 11) is 0. The average molecular weight is 373 g/mol. The second-order valence-corrected chi connectivity index (χ2v) is 6.83. The highest BCUT2D eigenvalue weighted by molar-refractivity contribution is 6.53. The van der Waals surface area contributed by atoms with E-state index in [1.165, 1.54) is 29.6 Å². The predicted octanol–water partition coefficient (Wildman–Crippen LogP) is 2.71. The summed E-state index contributed by atoms with van der Waals surface area (Å²) >= 11 is 5.94. The van der Waals surface area contributed by atoms with E-state index in [1.807, 2.05) is 13.8 Å². The Balaban J connectivity index is 1.97. The van der Waals surface area contributed by atoms with Crippen LogP contribution in [-0.2, 0) is 9.59 Å². The average Bonchev–Trinajstić information content (AvgIpc) is 2.84. The Kier molecular flexibility index (Phi) is 4.99. The molecule has 1 N–H and O–H groups in total. The third-order valence-corrected chi connectivity index (χ3v) is 4.23. The largest absolute Gasteiger partial charge is 0.308 e. The van der Waals surface area contributed by atoms with Crippen molar-refractivity contribution in [1.29, 1.82) is 0 Å². The maximum absolute atomic E-state index is 12.9. The van der Waals surface area contributed by atoms with Gasteiger partial charge in [-0.25, -0.2) is 4.98 Å². The number of anilines is 2. The van der Waals surface area contributed by atoms with Gasteiger partial charge in [0.05, 0.1) is 17.4 Å². The smallest absolute Gasteiger partial charge is 0.300 e. The van der Waals surface area contributed by atoms with Crippen molar-refractivity contribution in [2.24, 2.45) is 5.92 Å². The predicted molar refractivity (Wildman–Crippen MR) is 97.2 cm³/mol. The Labute approximate surface area is 155 Å². The van der Waals surface area contributed by atoms with Crippen LogP contribution >= 0.6 is 11.6 Å². The van der Waals surface area contributed by atoms with Crippen LogP contribution in [0.15, 0.2) is 36.8 Å². The lowest BCUT2D eigenvalue weighted by atomic mass is 10.0. The zero-order valence-electron chi connectivity index (χ0n) is 14.3. The molecule has 26 heavy (non-hydrogen) atoms. The molecule has 0 spiro atoms. The highest BCUT2D eigenvalue weighted by Gasteiger charge is 2.42. The molecule has 3 rings (SSSR count). The molecule has 7 nitrogen and oxygen atoms in total. The second kappa shape index (κ2) is 7.21. The molecular weight excluding hydrogens is 356 g/mol. The zero-order chi connectivity index (χ0) is 18.8. The molecule has 1 aliphatic heterocycles. The maximum Gasteiger partial charge on any atom is 0.300 e. The summed E-state index contributed by atoms with van der Waals surface area (Å²) in [5.41, 5.74) is 0.605. The summed E-state index contributed by atoms with van der Waals surface area (Å²) in [5.74, 6) is -1.43. The molecule has 1 aromatic heterocycles. The lowest BCUT2D eigenvalue weighted by Gasteiger charge is -2.28. The Hall–Kier alpha value is -2.80. The number of fused-ring (bicyclic) bond motifs is 1. The van der Waals surface area contributed by atoms with Gasteiger partial charge < -0.3 is 5.32 Å². The summed E-state index contributed by atoms with van der Waals surface area (Å²) in [6, 6.07) is 3.77. The fraction of sp³-hybridized carbons (Fsp3) is 0.278. The van der Waals surface area contributed by atoms with E-state index in [4.69, 9.17) is 11.6 Å². The number of nitrogens with one attached hydrogen (secondary N) is 1. The molecule has 0 bridgehead atoms. The van der Waals surface area contributed by atoms with Crippen molar-refractivity contribution in [2.45, 2.75) is 26.3 Å². The SMILES string of the molecule is CC(C)CC(C(=O)Nc1cnccn1)N1C(=O)C(=O)c2cc(Cl)ccc21. The Morgan fingerprint density at radius 3 is 2.69 bits per heavy atom. The first-order valence-electron chi connectivity index (χ1n) is 8.12. The van der Waals surface area contributed by atoms with Gasteiger partial charge in [-0.2, -0.15) is 0 Å². The van der Waals surface area contributed by atoms with Gasteiger partial charge in [-0.05, 0) is 30.5 Å². The van der Waals surface area contributed by atoms with Crippen LogP contribution in [0.1, 0.15) is 30.6 Å². The van der Waals surface area contributed by atoms with Crippen LogP contribution in [0, 0.1) is 5.92 Å². The van der Waals surface area contributed by atoms with Gasteiger partial charge in [-0.3, -0.25) is 24.3 Å². The molecule has 2 aromatic rings. The molecule has 0 saturated heterocycles. The van der Waals surface area contributed by atoms with Crippen LogP contribution in [0.4, 0.5) is 11.5 Å². The highest BCUT2D eigenvalue weighted by atomic mass is 35.5. The molecule has 1 aliphatic rings. The van der Waals surface area contributed by atoms with Crippen molar-refractivity contribution in [2.75, 3.05) is 10.2 Å². The number of carbonyl (C=O) groups excluding carboxylic acids is 3. The minimum absolute atomic E-state index is 0.117. The van der Waals surface area contributed by atoms with E-state index in [-0.39, 0.29) is 17.3 Å².